The first-order valence-corrected chi connectivity index (χ1v) is 11.4. The van der Waals surface area contributed by atoms with Crippen molar-refractivity contribution in [3.8, 4) is 0 Å². The molecule has 0 aliphatic heterocycles. The fourth-order valence-corrected chi connectivity index (χ4v) is 4.06. The molecule has 30 heavy (non-hydrogen) atoms. The minimum atomic E-state index is -1.35. The van der Waals surface area contributed by atoms with Gasteiger partial charge in [0.15, 0.2) is 0 Å². The monoisotopic (exact) mass is 427 g/mol. The molecule has 1 aliphatic rings. The molecule has 0 heterocycles. The van der Waals surface area contributed by atoms with E-state index in [1.807, 2.05) is 25.1 Å². The average Bonchev–Trinajstić information content (AvgIpc) is 3.07. The molecule has 0 fully saturated rings. The standard InChI is InChI=1S/C24H26FNO3S/c1-17-13-24(30(3)27)23(25)16-19(17)15-20-14-18(21-7-4-5-8-22(20)21)9-12-29-26-10-6-11-28-2/h4-5,7-8,10,13-16H,6,9,11-12H2,1-3H3/b20-15-,26-10?. The Morgan fingerprint density at radius 3 is 2.67 bits per heavy atom. The van der Waals surface area contributed by atoms with E-state index >= 15 is 0 Å². The number of nitrogens with zero attached hydrogens (tertiary/aromatic N) is 1. The fourth-order valence-electron chi connectivity index (χ4n) is 3.38. The SMILES string of the molecule is COCCC=NOCCC1=C/C(=C/c2cc(F)c(S(C)=O)cc2C)c2ccccc21. The molecule has 0 radical (unpaired) electrons. The van der Waals surface area contributed by atoms with E-state index in [-0.39, 0.29) is 4.90 Å². The highest BCUT2D eigenvalue weighted by Crippen LogP contribution is 2.38. The van der Waals surface area contributed by atoms with Gasteiger partial charge in [0.1, 0.15) is 12.4 Å². The van der Waals surface area contributed by atoms with Crippen molar-refractivity contribution in [2.45, 2.75) is 24.7 Å². The zero-order chi connectivity index (χ0) is 21.5. The largest absolute Gasteiger partial charge is 0.396 e. The van der Waals surface area contributed by atoms with Crippen molar-refractivity contribution in [3.05, 3.63) is 70.5 Å². The third kappa shape index (κ3) is 5.32. The number of fused-ring (bicyclic) bond motifs is 1. The second-order valence-electron chi connectivity index (χ2n) is 7.06. The third-order valence-electron chi connectivity index (χ3n) is 4.92. The molecule has 2 aromatic rings. The van der Waals surface area contributed by atoms with Gasteiger partial charge in [-0.15, -0.1) is 0 Å². The van der Waals surface area contributed by atoms with Gasteiger partial charge < -0.3 is 9.57 Å². The first-order valence-electron chi connectivity index (χ1n) is 9.79. The Labute approximate surface area is 179 Å². The minimum Gasteiger partial charge on any atom is -0.396 e. The second kappa shape index (κ2) is 10.5. The summed E-state index contributed by atoms with van der Waals surface area (Å²) in [6, 6.07) is 11.3. The highest BCUT2D eigenvalue weighted by atomic mass is 32.2. The number of hydrogen-bond acceptors (Lipinski definition) is 4. The molecule has 0 saturated heterocycles. The molecule has 1 aliphatic carbocycles. The maximum Gasteiger partial charge on any atom is 0.139 e. The second-order valence-corrected chi connectivity index (χ2v) is 8.41. The number of oxime groups is 1. The van der Waals surface area contributed by atoms with Gasteiger partial charge in [-0.3, -0.25) is 4.21 Å². The van der Waals surface area contributed by atoms with Gasteiger partial charge in [0.2, 0.25) is 0 Å². The molecule has 0 amide bonds. The van der Waals surface area contributed by atoms with Crippen LogP contribution in [0.2, 0.25) is 0 Å². The van der Waals surface area contributed by atoms with Crippen molar-refractivity contribution in [3.63, 3.8) is 0 Å². The number of rotatable bonds is 9. The quantitative estimate of drug-likeness (QED) is 0.312. The van der Waals surface area contributed by atoms with Crippen LogP contribution in [0.1, 0.15) is 35.1 Å². The van der Waals surface area contributed by atoms with E-state index < -0.39 is 16.6 Å². The smallest absolute Gasteiger partial charge is 0.139 e. The van der Waals surface area contributed by atoms with Gasteiger partial charge >= 0.3 is 0 Å². The first-order chi connectivity index (χ1) is 14.5. The summed E-state index contributed by atoms with van der Waals surface area (Å²) in [7, 11) is 0.299. The third-order valence-corrected chi connectivity index (χ3v) is 5.85. The number of hydrogen-bond donors (Lipinski definition) is 0. The predicted octanol–water partition coefficient (Wildman–Crippen LogP) is 5.24. The van der Waals surface area contributed by atoms with Gasteiger partial charge in [-0.25, -0.2) is 4.39 Å². The molecule has 0 N–H and O–H groups in total. The molecular formula is C24H26FNO3S. The molecule has 1 unspecified atom stereocenters. The number of methoxy groups -OCH3 is 1. The Morgan fingerprint density at radius 1 is 1.17 bits per heavy atom. The number of aryl methyl sites for hydroxylation is 1. The average molecular weight is 428 g/mol. The summed E-state index contributed by atoms with van der Waals surface area (Å²) in [5.74, 6) is -0.441. The van der Waals surface area contributed by atoms with E-state index in [2.05, 4.69) is 23.4 Å². The van der Waals surface area contributed by atoms with Crippen LogP contribution in [0.3, 0.4) is 0 Å². The number of allylic oxidation sites excluding steroid dienone is 2. The fraction of sp³-hybridized carbons (Fsp3) is 0.292. The lowest BCUT2D eigenvalue weighted by atomic mass is 10.0. The van der Waals surface area contributed by atoms with Crippen molar-refractivity contribution in [2.24, 2.45) is 5.16 Å². The molecule has 0 aromatic heterocycles. The van der Waals surface area contributed by atoms with E-state index in [0.29, 0.717) is 13.2 Å². The Balaban J connectivity index is 1.81. The van der Waals surface area contributed by atoms with Crippen LogP contribution in [0.4, 0.5) is 4.39 Å². The van der Waals surface area contributed by atoms with E-state index in [1.54, 1.807) is 19.4 Å². The Kier molecular flexibility index (Phi) is 7.71. The molecule has 2 aromatic carbocycles. The Bertz CT molecular complexity index is 1030. The van der Waals surface area contributed by atoms with Crippen LogP contribution in [0.15, 0.2) is 52.5 Å². The van der Waals surface area contributed by atoms with Crippen LogP contribution in [-0.2, 0) is 20.4 Å². The molecular weight excluding hydrogens is 401 g/mol. The lowest BCUT2D eigenvalue weighted by Crippen LogP contribution is -1.96. The van der Waals surface area contributed by atoms with Crippen molar-refractivity contribution >= 4 is 34.2 Å². The lowest BCUT2D eigenvalue weighted by Gasteiger charge is -2.07. The van der Waals surface area contributed by atoms with Crippen LogP contribution in [0.25, 0.3) is 17.2 Å². The number of ether oxygens (including phenoxy) is 1. The van der Waals surface area contributed by atoms with Crippen LogP contribution in [0, 0.1) is 12.7 Å². The van der Waals surface area contributed by atoms with Gasteiger partial charge in [-0.1, -0.05) is 35.5 Å². The zero-order valence-corrected chi connectivity index (χ0v) is 18.3. The molecule has 1 atom stereocenters. The van der Waals surface area contributed by atoms with E-state index in [9.17, 15) is 8.60 Å². The molecule has 0 saturated carbocycles. The van der Waals surface area contributed by atoms with E-state index in [0.717, 1.165) is 46.2 Å². The van der Waals surface area contributed by atoms with Gasteiger partial charge in [0.05, 0.1) is 22.3 Å². The summed E-state index contributed by atoms with van der Waals surface area (Å²) in [6.45, 7) is 3.00. The molecule has 0 bridgehead atoms. The Morgan fingerprint density at radius 2 is 1.93 bits per heavy atom. The molecule has 3 rings (SSSR count). The highest BCUT2D eigenvalue weighted by Gasteiger charge is 2.18. The van der Waals surface area contributed by atoms with Gasteiger partial charge in [0, 0.05) is 32.4 Å². The summed E-state index contributed by atoms with van der Waals surface area (Å²) in [6.07, 6.45) is 8.73. The Hall–Kier alpha value is -2.57. The topological polar surface area (TPSA) is 47.9 Å². The summed E-state index contributed by atoms with van der Waals surface area (Å²) >= 11 is 0. The molecule has 4 nitrogen and oxygen atoms in total. The molecule has 158 valence electrons. The minimum absolute atomic E-state index is 0.237. The van der Waals surface area contributed by atoms with Gasteiger partial charge in [-0.2, -0.15) is 0 Å². The molecule has 6 heteroatoms. The maximum absolute atomic E-state index is 14.4. The van der Waals surface area contributed by atoms with Gasteiger partial charge in [0.25, 0.3) is 0 Å². The first kappa shape index (κ1) is 22.1. The van der Waals surface area contributed by atoms with E-state index in [1.165, 1.54) is 12.3 Å². The summed E-state index contributed by atoms with van der Waals surface area (Å²) in [5.41, 5.74) is 6.12. The zero-order valence-electron chi connectivity index (χ0n) is 17.5. The van der Waals surface area contributed by atoms with Crippen LogP contribution in [0.5, 0.6) is 0 Å². The summed E-state index contributed by atoms with van der Waals surface area (Å²) in [4.78, 5) is 5.59. The predicted molar refractivity (Wildman–Crippen MR) is 121 cm³/mol. The van der Waals surface area contributed by atoms with Gasteiger partial charge in [-0.05, 0) is 58.5 Å². The lowest BCUT2D eigenvalue weighted by molar-refractivity contribution is 0.150. The molecule has 0 spiro atoms. The maximum atomic E-state index is 14.4. The van der Waals surface area contributed by atoms with E-state index in [4.69, 9.17) is 9.57 Å². The van der Waals surface area contributed by atoms with Crippen molar-refractivity contribution < 1.29 is 18.2 Å². The van der Waals surface area contributed by atoms with Crippen molar-refractivity contribution in [1.82, 2.24) is 0 Å². The summed E-state index contributed by atoms with van der Waals surface area (Å²) in [5, 5.41) is 3.94. The van der Waals surface area contributed by atoms with Crippen LogP contribution < -0.4 is 0 Å². The summed E-state index contributed by atoms with van der Waals surface area (Å²) < 4.78 is 31.0. The normalized spacial score (nSPS) is 15.5. The highest BCUT2D eigenvalue weighted by molar-refractivity contribution is 7.84. The van der Waals surface area contributed by atoms with Crippen molar-refractivity contribution in [1.29, 1.82) is 0 Å². The number of benzene rings is 2. The van der Waals surface area contributed by atoms with Crippen LogP contribution >= 0.6 is 0 Å². The number of halogens is 1. The van der Waals surface area contributed by atoms with Crippen molar-refractivity contribution in [2.75, 3.05) is 26.6 Å². The van der Waals surface area contributed by atoms with Crippen LogP contribution in [-0.4, -0.2) is 37.0 Å².